The van der Waals surface area contributed by atoms with Crippen molar-refractivity contribution in [2.45, 2.75) is 5.92 Å². The lowest BCUT2D eigenvalue weighted by atomic mass is 10.0. The number of rotatable bonds is 2. The van der Waals surface area contributed by atoms with Gasteiger partial charge in [-0.3, -0.25) is 0 Å². The van der Waals surface area contributed by atoms with Crippen LogP contribution in [0.5, 0.6) is 5.75 Å². The maximum Gasteiger partial charge on any atom is 0.124 e. The van der Waals surface area contributed by atoms with Gasteiger partial charge < -0.3 is 9.57 Å². The fourth-order valence-corrected chi connectivity index (χ4v) is 2.23. The van der Waals surface area contributed by atoms with E-state index in [1.165, 1.54) is 0 Å². The smallest absolute Gasteiger partial charge is 0.124 e. The molecular formula is C9H10BrNO2. The van der Waals surface area contributed by atoms with Gasteiger partial charge in [0.25, 0.3) is 0 Å². The molecule has 0 radical (unpaired) electrons. The maximum absolute atomic E-state index is 5.48. The molecule has 3 nitrogen and oxygen atoms in total. The van der Waals surface area contributed by atoms with E-state index in [1.54, 1.807) is 0 Å². The monoisotopic (exact) mass is 243 g/mol. The van der Waals surface area contributed by atoms with Crippen LogP contribution in [0.15, 0.2) is 22.7 Å². The van der Waals surface area contributed by atoms with Crippen molar-refractivity contribution in [1.29, 1.82) is 0 Å². The molecular weight excluding hydrogens is 234 g/mol. The second-order valence-corrected chi connectivity index (χ2v) is 3.85. The summed E-state index contributed by atoms with van der Waals surface area (Å²) in [7, 11) is 0. The van der Waals surface area contributed by atoms with E-state index in [9.17, 15) is 0 Å². The van der Waals surface area contributed by atoms with E-state index in [4.69, 9.17) is 10.6 Å². The number of benzene rings is 1. The quantitative estimate of drug-likeness (QED) is 0.807. The molecule has 1 aromatic rings. The summed E-state index contributed by atoms with van der Waals surface area (Å²) in [5, 5.41) is 0. The lowest BCUT2D eigenvalue weighted by molar-refractivity contribution is 0.115. The predicted octanol–water partition coefficient (Wildman–Crippen LogP) is 1.82. The predicted molar refractivity (Wildman–Crippen MR) is 52.5 cm³/mol. The van der Waals surface area contributed by atoms with E-state index in [0.717, 1.165) is 15.8 Å². The zero-order valence-corrected chi connectivity index (χ0v) is 8.58. The van der Waals surface area contributed by atoms with Crippen LogP contribution >= 0.6 is 15.9 Å². The molecule has 0 fully saturated rings. The van der Waals surface area contributed by atoms with Crippen molar-refractivity contribution in [1.82, 2.24) is 0 Å². The summed E-state index contributed by atoms with van der Waals surface area (Å²) in [6, 6.07) is 5.91. The van der Waals surface area contributed by atoms with Gasteiger partial charge in [0, 0.05) is 16.0 Å². The molecule has 0 aromatic heterocycles. The molecule has 1 heterocycles. The van der Waals surface area contributed by atoms with E-state index >= 15 is 0 Å². The van der Waals surface area contributed by atoms with Crippen LogP contribution in [-0.4, -0.2) is 13.2 Å². The van der Waals surface area contributed by atoms with Crippen LogP contribution < -0.4 is 10.6 Å². The lowest BCUT2D eigenvalue weighted by Gasteiger charge is -2.07. The first-order valence-corrected chi connectivity index (χ1v) is 4.85. The van der Waals surface area contributed by atoms with Crippen LogP contribution in [0.25, 0.3) is 0 Å². The minimum absolute atomic E-state index is 0.246. The normalized spacial score (nSPS) is 19.7. The molecule has 1 aromatic carbocycles. The van der Waals surface area contributed by atoms with Crippen molar-refractivity contribution in [3.63, 3.8) is 0 Å². The number of hydrogen-bond donors (Lipinski definition) is 1. The molecule has 0 saturated heterocycles. The molecule has 2 rings (SSSR count). The minimum atomic E-state index is 0.246. The summed E-state index contributed by atoms with van der Waals surface area (Å²) < 4.78 is 6.54. The maximum atomic E-state index is 5.48. The third kappa shape index (κ3) is 1.57. The first-order chi connectivity index (χ1) is 6.33. The number of fused-ring (bicyclic) bond motifs is 1. The first-order valence-electron chi connectivity index (χ1n) is 4.06. The van der Waals surface area contributed by atoms with Crippen molar-refractivity contribution in [2.24, 2.45) is 5.90 Å². The van der Waals surface area contributed by atoms with Gasteiger partial charge in [0.1, 0.15) is 5.75 Å². The van der Waals surface area contributed by atoms with Gasteiger partial charge in [-0.15, -0.1) is 0 Å². The third-order valence-corrected chi connectivity index (χ3v) is 2.85. The Morgan fingerprint density at radius 1 is 1.62 bits per heavy atom. The van der Waals surface area contributed by atoms with Gasteiger partial charge in [-0.2, -0.15) is 0 Å². The fraction of sp³-hybridized carbons (Fsp3) is 0.333. The Labute approximate surface area is 84.9 Å². The van der Waals surface area contributed by atoms with Crippen molar-refractivity contribution in [3.05, 3.63) is 28.2 Å². The molecule has 13 heavy (non-hydrogen) atoms. The second-order valence-electron chi connectivity index (χ2n) is 2.99. The van der Waals surface area contributed by atoms with Gasteiger partial charge in [0.05, 0.1) is 13.2 Å². The van der Waals surface area contributed by atoms with Gasteiger partial charge in [0.15, 0.2) is 0 Å². The highest BCUT2D eigenvalue weighted by molar-refractivity contribution is 9.10. The van der Waals surface area contributed by atoms with Crippen LogP contribution in [-0.2, 0) is 4.84 Å². The summed E-state index contributed by atoms with van der Waals surface area (Å²) >= 11 is 3.48. The molecule has 4 heteroatoms. The largest absolute Gasteiger partial charge is 0.493 e. The average Bonchev–Trinajstić information content (AvgIpc) is 2.51. The van der Waals surface area contributed by atoms with Gasteiger partial charge in [-0.05, 0) is 12.1 Å². The Hall–Kier alpha value is -0.580. The average molecular weight is 244 g/mol. The van der Waals surface area contributed by atoms with Gasteiger partial charge in [0.2, 0.25) is 0 Å². The van der Waals surface area contributed by atoms with E-state index < -0.39 is 0 Å². The molecule has 0 saturated carbocycles. The topological polar surface area (TPSA) is 44.5 Å². The number of nitrogens with two attached hydrogens (primary N) is 1. The van der Waals surface area contributed by atoms with Crippen LogP contribution in [0.3, 0.4) is 0 Å². The zero-order chi connectivity index (χ0) is 9.26. The van der Waals surface area contributed by atoms with Crippen molar-refractivity contribution < 1.29 is 9.57 Å². The van der Waals surface area contributed by atoms with Gasteiger partial charge in [-0.1, -0.05) is 22.0 Å². The number of ether oxygens (including phenoxy) is 1. The molecule has 1 aliphatic rings. The van der Waals surface area contributed by atoms with Crippen molar-refractivity contribution in [2.75, 3.05) is 13.2 Å². The SMILES string of the molecule is NOCC1COc2cccc(Br)c21. The number of halogens is 1. The standard InChI is InChI=1S/C9H10BrNO2/c10-7-2-1-3-8-9(7)6(4-12-8)5-13-11/h1-3,6H,4-5,11H2. The molecule has 1 atom stereocenters. The Kier molecular flexibility index (Phi) is 2.53. The Bertz CT molecular complexity index is 314. The molecule has 70 valence electrons. The first kappa shape index (κ1) is 8.99. The number of hydrogen-bond acceptors (Lipinski definition) is 3. The van der Waals surface area contributed by atoms with Gasteiger partial charge in [-0.25, -0.2) is 5.90 Å². The molecule has 0 spiro atoms. The molecule has 1 unspecified atom stereocenters. The highest BCUT2D eigenvalue weighted by Gasteiger charge is 2.26. The summed E-state index contributed by atoms with van der Waals surface area (Å²) in [5.41, 5.74) is 1.16. The lowest BCUT2D eigenvalue weighted by Crippen LogP contribution is -2.12. The molecule has 0 amide bonds. The highest BCUT2D eigenvalue weighted by Crippen LogP contribution is 2.38. The van der Waals surface area contributed by atoms with Crippen molar-refractivity contribution in [3.8, 4) is 5.75 Å². The summed E-state index contributed by atoms with van der Waals surface area (Å²) in [6.07, 6.45) is 0. The van der Waals surface area contributed by atoms with Crippen LogP contribution in [0.4, 0.5) is 0 Å². The highest BCUT2D eigenvalue weighted by atomic mass is 79.9. The van der Waals surface area contributed by atoms with Crippen molar-refractivity contribution >= 4 is 15.9 Å². The minimum Gasteiger partial charge on any atom is -0.493 e. The molecule has 0 aliphatic carbocycles. The summed E-state index contributed by atoms with van der Waals surface area (Å²) in [5.74, 6) is 6.22. The Morgan fingerprint density at radius 3 is 3.23 bits per heavy atom. The molecule has 2 N–H and O–H groups in total. The van der Waals surface area contributed by atoms with E-state index in [0.29, 0.717) is 13.2 Å². The third-order valence-electron chi connectivity index (χ3n) is 2.16. The van der Waals surface area contributed by atoms with E-state index in [1.807, 2.05) is 18.2 Å². The Morgan fingerprint density at radius 2 is 2.46 bits per heavy atom. The van der Waals surface area contributed by atoms with Crippen LogP contribution in [0.1, 0.15) is 11.5 Å². The molecule has 1 aliphatic heterocycles. The molecule has 0 bridgehead atoms. The van der Waals surface area contributed by atoms with Crippen LogP contribution in [0.2, 0.25) is 0 Å². The van der Waals surface area contributed by atoms with Gasteiger partial charge >= 0.3 is 0 Å². The van der Waals surface area contributed by atoms with E-state index in [2.05, 4.69) is 20.8 Å². The summed E-state index contributed by atoms with van der Waals surface area (Å²) in [4.78, 5) is 4.64. The zero-order valence-electron chi connectivity index (χ0n) is 7.00. The van der Waals surface area contributed by atoms with E-state index in [-0.39, 0.29) is 5.92 Å². The second kappa shape index (κ2) is 3.65. The fourth-order valence-electron chi connectivity index (χ4n) is 1.56. The Balaban J connectivity index is 2.34. The van der Waals surface area contributed by atoms with Crippen LogP contribution in [0, 0.1) is 0 Å². The summed E-state index contributed by atoms with van der Waals surface area (Å²) in [6.45, 7) is 1.14.